The van der Waals surface area contributed by atoms with Gasteiger partial charge in [-0.1, -0.05) is 39.8 Å². The number of nitrogens with zero attached hydrogens (tertiary/aromatic N) is 2. The Morgan fingerprint density at radius 1 is 0.745 bits per heavy atom. The summed E-state index contributed by atoms with van der Waals surface area (Å²) >= 11 is 0. The summed E-state index contributed by atoms with van der Waals surface area (Å²) in [7, 11) is 0. The van der Waals surface area contributed by atoms with E-state index in [-0.39, 0.29) is 29.6 Å². The molecule has 3 heterocycles. The molecule has 2 aliphatic heterocycles. The normalized spacial score (nSPS) is 18.3. The minimum Gasteiger partial charge on any atom is -0.465 e. The number of alkyl carbamates (subject to hydrolysis) is 1. The molecule has 55 heavy (non-hydrogen) atoms. The maximum absolute atomic E-state index is 13.6. The number of ether oxygens (including phenoxy) is 1. The van der Waals surface area contributed by atoms with Gasteiger partial charge in [0.25, 0.3) is 0 Å². The molecule has 2 aromatic carbocycles. The fourth-order valence-electron chi connectivity index (χ4n) is 7.11. The maximum Gasteiger partial charge on any atom is 0.408 e. The standard InChI is InChI=1S/C40H53N7O8/c1-22(2)32(44-38(52)53)36(50)46-18-8-10-30(46)34(48)41-26-14-12-24(13-15-26)29-21-25-20-27(16-17-28(25)43-29)42-35(49)31-11-9-19-47(31)37(51)33(23(3)4)45-39(54)55-40(5,6)7/h12-17,20-23,30-33,43-44H,8-11,18-19H2,1-7H3,(H,41,48)(H,42,49)(H,45,54)(H,52,53)/t30-,31-,32+,33+/m0/s1. The second-order valence-electron chi connectivity index (χ2n) is 16.0. The largest absolute Gasteiger partial charge is 0.465 e. The molecular weight excluding hydrogens is 706 g/mol. The lowest BCUT2D eigenvalue weighted by Crippen LogP contribution is -2.55. The third kappa shape index (κ3) is 9.94. The Balaban J connectivity index is 1.21. The van der Waals surface area contributed by atoms with Crippen molar-refractivity contribution in [2.75, 3.05) is 23.7 Å². The lowest BCUT2D eigenvalue weighted by Gasteiger charge is -2.31. The second kappa shape index (κ2) is 16.8. The number of likely N-dealkylation sites (tertiary alicyclic amines) is 2. The number of hydrogen-bond donors (Lipinski definition) is 6. The van der Waals surface area contributed by atoms with Crippen molar-refractivity contribution < 1.29 is 38.6 Å². The monoisotopic (exact) mass is 759 g/mol. The summed E-state index contributed by atoms with van der Waals surface area (Å²) < 4.78 is 5.37. The van der Waals surface area contributed by atoms with Gasteiger partial charge in [-0.2, -0.15) is 0 Å². The van der Waals surface area contributed by atoms with Crippen molar-refractivity contribution in [3.63, 3.8) is 0 Å². The molecule has 6 N–H and O–H groups in total. The molecule has 3 aromatic rings. The number of rotatable bonds is 11. The SMILES string of the molecule is CC(C)[C@@H](NC(=O)O)C(=O)N1CCC[C@H]1C(=O)Nc1ccc(-c2cc3cc(NC(=O)[C@@H]4CCCN4C(=O)[C@H](NC(=O)OC(C)(C)C)C(C)C)ccc3[nH]2)cc1. The van der Waals surface area contributed by atoms with Crippen molar-refractivity contribution in [3.8, 4) is 11.3 Å². The Hall–Kier alpha value is -5.60. The van der Waals surface area contributed by atoms with E-state index < -0.39 is 47.9 Å². The summed E-state index contributed by atoms with van der Waals surface area (Å²) in [6, 6.07) is 11.6. The van der Waals surface area contributed by atoms with Crippen LogP contribution in [0.2, 0.25) is 0 Å². The molecule has 0 unspecified atom stereocenters. The molecule has 4 atom stereocenters. The van der Waals surface area contributed by atoms with Gasteiger partial charge in [-0.05, 0) is 100 Å². The van der Waals surface area contributed by atoms with Crippen LogP contribution in [0.4, 0.5) is 21.0 Å². The summed E-state index contributed by atoms with van der Waals surface area (Å²) in [6.07, 6.45) is 0.308. The van der Waals surface area contributed by atoms with Crippen molar-refractivity contribution >= 4 is 58.1 Å². The molecule has 2 saturated heterocycles. The zero-order valence-electron chi connectivity index (χ0n) is 32.5. The van der Waals surface area contributed by atoms with Gasteiger partial charge in [-0.15, -0.1) is 0 Å². The molecule has 2 fully saturated rings. The van der Waals surface area contributed by atoms with E-state index in [1.807, 2.05) is 44.2 Å². The summed E-state index contributed by atoms with van der Waals surface area (Å²) in [5, 5.41) is 20.9. The third-order valence-corrected chi connectivity index (χ3v) is 9.85. The first-order valence-electron chi connectivity index (χ1n) is 18.9. The molecule has 5 rings (SSSR count). The van der Waals surface area contributed by atoms with Gasteiger partial charge in [0, 0.05) is 41.1 Å². The fourth-order valence-corrected chi connectivity index (χ4v) is 7.11. The Labute approximate surface area is 320 Å². The van der Waals surface area contributed by atoms with Crippen LogP contribution in [0.3, 0.4) is 0 Å². The van der Waals surface area contributed by atoms with Crippen LogP contribution in [0.25, 0.3) is 22.2 Å². The van der Waals surface area contributed by atoms with Gasteiger partial charge in [-0.3, -0.25) is 19.2 Å². The quantitative estimate of drug-likeness (QED) is 0.146. The topological polar surface area (TPSA) is 202 Å². The number of nitrogens with one attached hydrogen (secondary N) is 5. The van der Waals surface area contributed by atoms with E-state index in [0.717, 1.165) is 22.2 Å². The van der Waals surface area contributed by atoms with E-state index in [0.29, 0.717) is 50.1 Å². The average Bonchev–Trinajstić information content (AvgIpc) is 3.88. The Bertz CT molecular complexity index is 1920. The smallest absolute Gasteiger partial charge is 0.408 e. The van der Waals surface area contributed by atoms with Crippen molar-refractivity contribution in [1.29, 1.82) is 0 Å². The molecule has 296 valence electrons. The fraction of sp³-hybridized carbons (Fsp3) is 0.500. The average molecular weight is 760 g/mol. The highest BCUT2D eigenvalue weighted by Crippen LogP contribution is 2.29. The van der Waals surface area contributed by atoms with E-state index in [2.05, 4.69) is 26.3 Å². The van der Waals surface area contributed by atoms with Crippen molar-refractivity contribution in [2.24, 2.45) is 11.8 Å². The molecule has 0 bridgehead atoms. The molecule has 0 aliphatic carbocycles. The minimum atomic E-state index is -1.29. The van der Waals surface area contributed by atoms with Crippen LogP contribution in [0.15, 0.2) is 48.5 Å². The molecule has 0 saturated carbocycles. The van der Waals surface area contributed by atoms with Crippen molar-refractivity contribution in [3.05, 3.63) is 48.5 Å². The summed E-state index contributed by atoms with van der Waals surface area (Å²) in [6.45, 7) is 13.2. The number of aromatic nitrogens is 1. The van der Waals surface area contributed by atoms with Gasteiger partial charge >= 0.3 is 12.2 Å². The first-order valence-corrected chi connectivity index (χ1v) is 18.9. The highest BCUT2D eigenvalue weighted by molar-refractivity contribution is 6.01. The first kappa shape index (κ1) is 40.6. The number of carboxylic acid groups (broad SMARTS) is 1. The van der Waals surface area contributed by atoms with Crippen LogP contribution in [-0.4, -0.2) is 98.6 Å². The molecular formula is C40H53N7O8. The van der Waals surface area contributed by atoms with Crippen LogP contribution < -0.4 is 21.3 Å². The van der Waals surface area contributed by atoms with Gasteiger partial charge in [0.1, 0.15) is 29.8 Å². The van der Waals surface area contributed by atoms with Crippen LogP contribution in [-0.2, 0) is 23.9 Å². The number of hydrogen-bond acceptors (Lipinski definition) is 7. The number of H-pyrrole nitrogens is 1. The van der Waals surface area contributed by atoms with Gasteiger partial charge in [0.15, 0.2) is 0 Å². The second-order valence-corrected chi connectivity index (χ2v) is 16.0. The number of anilines is 2. The molecule has 0 spiro atoms. The molecule has 15 heteroatoms. The zero-order valence-corrected chi connectivity index (χ0v) is 32.5. The predicted molar refractivity (Wildman–Crippen MR) is 208 cm³/mol. The van der Waals surface area contributed by atoms with Crippen molar-refractivity contribution in [2.45, 2.75) is 104 Å². The molecule has 15 nitrogen and oxygen atoms in total. The van der Waals surface area contributed by atoms with E-state index >= 15 is 0 Å². The molecule has 6 amide bonds. The Kier molecular flexibility index (Phi) is 12.4. The highest BCUT2D eigenvalue weighted by Gasteiger charge is 2.40. The van der Waals surface area contributed by atoms with Crippen LogP contribution in [0.1, 0.15) is 74.1 Å². The first-order chi connectivity index (χ1) is 25.9. The van der Waals surface area contributed by atoms with E-state index in [1.54, 1.807) is 57.7 Å². The third-order valence-electron chi connectivity index (χ3n) is 9.85. The summed E-state index contributed by atoms with van der Waals surface area (Å²) in [4.78, 5) is 83.8. The molecule has 1 aromatic heterocycles. The number of aromatic amines is 1. The highest BCUT2D eigenvalue weighted by atomic mass is 16.6. The molecule has 0 radical (unpaired) electrons. The number of benzene rings is 2. The van der Waals surface area contributed by atoms with Gasteiger partial charge in [0.2, 0.25) is 23.6 Å². The zero-order chi connectivity index (χ0) is 40.2. The predicted octanol–water partition coefficient (Wildman–Crippen LogP) is 5.54. The van der Waals surface area contributed by atoms with Gasteiger partial charge in [0.05, 0.1) is 0 Å². The summed E-state index contributed by atoms with van der Waals surface area (Å²) in [5.74, 6) is -1.88. The van der Waals surface area contributed by atoms with Crippen LogP contribution >= 0.6 is 0 Å². The number of fused-ring (bicyclic) bond motifs is 1. The Morgan fingerprint density at radius 2 is 1.25 bits per heavy atom. The number of amides is 6. The van der Waals surface area contributed by atoms with Crippen molar-refractivity contribution in [1.82, 2.24) is 25.4 Å². The lowest BCUT2D eigenvalue weighted by atomic mass is 10.0. The van der Waals surface area contributed by atoms with E-state index in [4.69, 9.17) is 4.74 Å². The maximum atomic E-state index is 13.6. The van der Waals surface area contributed by atoms with Gasteiger partial charge in [-0.25, -0.2) is 9.59 Å². The lowest BCUT2D eigenvalue weighted by molar-refractivity contribution is -0.139. The minimum absolute atomic E-state index is 0.224. The number of carbonyl (C=O) groups excluding carboxylic acids is 5. The van der Waals surface area contributed by atoms with Gasteiger partial charge < -0.3 is 45.9 Å². The van der Waals surface area contributed by atoms with Crippen LogP contribution in [0.5, 0.6) is 0 Å². The van der Waals surface area contributed by atoms with E-state index in [1.165, 1.54) is 4.90 Å². The number of carbonyl (C=O) groups is 6. The molecule has 2 aliphatic rings. The van der Waals surface area contributed by atoms with Crippen LogP contribution in [0, 0.1) is 11.8 Å². The summed E-state index contributed by atoms with van der Waals surface area (Å²) in [5.41, 5.74) is 2.93. The van der Waals surface area contributed by atoms with E-state index in [9.17, 15) is 33.9 Å². The Morgan fingerprint density at radius 3 is 1.76 bits per heavy atom.